The van der Waals surface area contributed by atoms with E-state index >= 15 is 0 Å². The van der Waals surface area contributed by atoms with Crippen molar-refractivity contribution in [3.8, 4) is 11.1 Å². The number of carbonyl (C=O) groups excluding carboxylic acids is 2. The molecule has 0 aromatic heterocycles. The van der Waals surface area contributed by atoms with Gasteiger partial charge >= 0.3 is 12.1 Å². The number of rotatable bonds is 9. The maximum atomic E-state index is 14.2. The number of benzene rings is 3. The summed E-state index contributed by atoms with van der Waals surface area (Å²) in [5, 5.41) is 12.0. The van der Waals surface area contributed by atoms with E-state index in [2.05, 4.69) is 5.32 Å². The molecular formula is C31H30F2N2O6. The van der Waals surface area contributed by atoms with Crippen molar-refractivity contribution in [3.63, 3.8) is 0 Å². The third kappa shape index (κ3) is 6.07. The average Bonchev–Trinajstić information content (AvgIpc) is 3.47. The highest BCUT2D eigenvalue weighted by Gasteiger charge is 2.52. The van der Waals surface area contributed by atoms with Gasteiger partial charge in [-0.3, -0.25) is 4.79 Å². The summed E-state index contributed by atoms with van der Waals surface area (Å²) in [7, 11) is 0. The zero-order chi connectivity index (χ0) is 29.1. The number of carboxylic acid groups (broad SMARTS) is 1. The largest absolute Gasteiger partial charge is 0.480 e. The normalized spacial score (nSPS) is 18.7. The Labute approximate surface area is 235 Å². The summed E-state index contributed by atoms with van der Waals surface area (Å²) < 4.78 is 39.8. The highest BCUT2D eigenvalue weighted by molar-refractivity contribution is 5.90. The van der Waals surface area contributed by atoms with E-state index in [1.807, 2.05) is 78.9 Å². The Hall–Kier alpha value is -4.31. The van der Waals surface area contributed by atoms with Crippen LogP contribution in [0.15, 0.2) is 78.9 Å². The lowest BCUT2D eigenvalue weighted by Crippen LogP contribution is -2.56. The quantitative estimate of drug-likeness (QED) is 0.386. The number of aliphatic carboxylic acids is 1. The van der Waals surface area contributed by atoms with Crippen molar-refractivity contribution in [3.05, 3.63) is 95.6 Å². The highest BCUT2D eigenvalue weighted by atomic mass is 19.3. The molecule has 0 saturated carbocycles. The number of nitrogens with zero attached hydrogens (tertiary/aromatic N) is 1. The smallest absolute Gasteiger partial charge is 0.407 e. The predicted molar refractivity (Wildman–Crippen MR) is 145 cm³/mol. The maximum Gasteiger partial charge on any atom is 0.407 e. The molecule has 214 valence electrons. The number of ether oxygens (including phenoxy) is 2. The van der Waals surface area contributed by atoms with Crippen LogP contribution in [-0.2, 0) is 25.7 Å². The Morgan fingerprint density at radius 2 is 1.56 bits per heavy atom. The second-order valence-electron chi connectivity index (χ2n) is 10.3. The lowest BCUT2D eigenvalue weighted by atomic mass is 9.98. The number of hydrogen-bond acceptors (Lipinski definition) is 5. The van der Waals surface area contributed by atoms with Gasteiger partial charge in [0.2, 0.25) is 5.91 Å². The van der Waals surface area contributed by atoms with Crippen LogP contribution in [-0.4, -0.2) is 65.2 Å². The minimum atomic E-state index is -3.37. The van der Waals surface area contributed by atoms with Crippen LogP contribution in [0.25, 0.3) is 11.1 Å². The van der Waals surface area contributed by atoms with E-state index in [1.165, 1.54) is 6.92 Å². The molecule has 2 aliphatic rings. The van der Waals surface area contributed by atoms with Crippen LogP contribution in [0.2, 0.25) is 0 Å². The minimum Gasteiger partial charge on any atom is -0.480 e. The molecule has 3 atom stereocenters. The molecule has 2 amide bonds. The minimum absolute atomic E-state index is 0.0282. The number of amides is 2. The van der Waals surface area contributed by atoms with E-state index in [1.54, 1.807) is 0 Å². The molecule has 0 radical (unpaired) electrons. The Morgan fingerprint density at radius 1 is 0.976 bits per heavy atom. The van der Waals surface area contributed by atoms with Gasteiger partial charge in [0.15, 0.2) is 0 Å². The Morgan fingerprint density at radius 3 is 2.17 bits per heavy atom. The number of alkyl carbamates (subject to hydrolysis) is 1. The first-order chi connectivity index (χ1) is 19.6. The van der Waals surface area contributed by atoms with Gasteiger partial charge in [-0.1, -0.05) is 78.9 Å². The summed E-state index contributed by atoms with van der Waals surface area (Å²) in [5.41, 5.74) is 4.88. The number of carboxylic acids is 1. The molecular weight excluding hydrogens is 534 g/mol. The van der Waals surface area contributed by atoms with E-state index in [-0.39, 0.29) is 19.1 Å². The molecule has 0 unspecified atom stereocenters. The topological polar surface area (TPSA) is 105 Å². The molecule has 1 aliphatic heterocycles. The van der Waals surface area contributed by atoms with Gasteiger partial charge in [0, 0.05) is 12.3 Å². The van der Waals surface area contributed by atoms with Crippen LogP contribution in [0.5, 0.6) is 0 Å². The molecule has 5 rings (SSSR count). The van der Waals surface area contributed by atoms with Crippen molar-refractivity contribution in [2.45, 2.75) is 50.0 Å². The summed E-state index contributed by atoms with van der Waals surface area (Å²) in [6.07, 6.45) is -2.95. The number of halogens is 2. The monoisotopic (exact) mass is 564 g/mol. The van der Waals surface area contributed by atoms with Crippen molar-refractivity contribution in [2.24, 2.45) is 0 Å². The van der Waals surface area contributed by atoms with Crippen LogP contribution in [0.3, 0.4) is 0 Å². The third-order valence-corrected chi connectivity index (χ3v) is 7.55. The Kier molecular flexibility index (Phi) is 8.03. The fraction of sp³-hybridized carbons (Fsp3) is 0.323. The highest BCUT2D eigenvalue weighted by Crippen LogP contribution is 2.44. The zero-order valence-corrected chi connectivity index (χ0v) is 22.3. The predicted octanol–water partition coefficient (Wildman–Crippen LogP) is 4.82. The lowest BCUT2D eigenvalue weighted by molar-refractivity contribution is -0.150. The number of nitrogens with one attached hydrogen (secondary N) is 1. The van der Waals surface area contributed by atoms with Crippen molar-refractivity contribution in [1.29, 1.82) is 0 Å². The van der Waals surface area contributed by atoms with Gasteiger partial charge in [-0.25, -0.2) is 18.4 Å². The van der Waals surface area contributed by atoms with Crippen LogP contribution in [0, 0.1) is 0 Å². The number of alkyl halides is 2. The summed E-state index contributed by atoms with van der Waals surface area (Å²) in [4.78, 5) is 38.9. The van der Waals surface area contributed by atoms with Crippen LogP contribution in [0.4, 0.5) is 13.6 Å². The molecule has 1 fully saturated rings. The second kappa shape index (κ2) is 11.7. The van der Waals surface area contributed by atoms with E-state index in [9.17, 15) is 28.3 Å². The van der Waals surface area contributed by atoms with Crippen molar-refractivity contribution in [2.75, 3.05) is 13.2 Å². The average molecular weight is 565 g/mol. The number of likely N-dealkylation sites (tertiary alicyclic amines) is 1. The van der Waals surface area contributed by atoms with Crippen LogP contribution < -0.4 is 5.32 Å². The Balaban J connectivity index is 1.32. The number of hydrogen-bond donors (Lipinski definition) is 2. The van der Waals surface area contributed by atoms with Gasteiger partial charge in [-0.15, -0.1) is 0 Å². The number of fused-ring (bicyclic) bond motifs is 3. The third-order valence-electron chi connectivity index (χ3n) is 7.55. The van der Waals surface area contributed by atoms with Gasteiger partial charge in [0.05, 0.1) is 19.3 Å². The van der Waals surface area contributed by atoms with E-state index < -0.39 is 55.0 Å². The summed E-state index contributed by atoms with van der Waals surface area (Å²) >= 11 is 0. The molecule has 3 aromatic carbocycles. The standard InChI is InChI=1S/C31H30F2N2O6/c1-19(40-16-20-9-3-2-4-10-20)27(28(36)35-18-31(32,33)15-26(35)29(37)38)34-30(39)41-17-25-23-13-7-5-11-21(23)22-12-6-8-14-24(22)25/h2-14,19,25-27H,15-18H2,1H3,(H,34,39)(H,37,38)/t19-,26-,27+/m0/s1. The summed E-state index contributed by atoms with van der Waals surface area (Å²) in [6.45, 7) is 0.493. The first-order valence-corrected chi connectivity index (χ1v) is 13.3. The SMILES string of the molecule is C[C@H](OCc1ccccc1)[C@@H](NC(=O)OCC1c2ccccc2-c2ccccc21)C(=O)N1CC(F)(F)C[C@H]1C(=O)O. The second-order valence-corrected chi connectivity index (χ2v) is 10.3. The molecule has 41 heavy (non-hydrogen) atoms. The molecule has 10 heteroatoms. The maximum absolute atomic E-state index is 14.2. The van der Waals surface area contributed by atoms with E-state index in [4.69, 9.17) is 9.47 Å². The summed E-state index contributed by atoms with van der Waals surface area (Å²) in [5.74, 6) is -6.14. The molecule has 3 aromatic rings. The molecule has 0 bridgehead atoms. The lowest BCUT2D eigenvalue weighted by Gasteiger charge is -2.30. The first kappa shape index (κ1) is 28.2. The first-order valence-electron chi connectivity index (χ1n) is 13.3. The van der Waals surface area contributed by atoms with E-state index in [0.29, 0.717) is 4.90 Å². The number of carbonyl (C=O) groups is 3. The van der Waals surface area contributed by atoms with Gasteiger partial charge < -0.3 is 24.8 Å². The van der Waals surface area contributed by atoms with Gasteiger partial charge in [0.1, 0.15) is 18.7 Å². The van der Waals surface area contributed by atoms with Crippen LogP contribution >= 0.6 is 0 Å². The van der Waals surface area contributed by atoms with Crippen molar-refractivity contribution >= 4 is 18.0 Å². The van der Waals surface area contributed by atoms with E-state index in [0.717, 1.165) is 27.8 Å². The molecule has 1 saturated heterocycles. The Bertz CT molecular complexity index is 1390. The van der Waals surface area contributed by atoms with Crippen molar-refractivity contribution < 1.29 is 37.7 Å². The fourth-order valence-electron chi connectivity index (χ4n) is 5.49. The van der Waals surface area contributed by atoms with Gasteiger partial charge in [-0.05, 0) is 34.7 Å². The van der Waals surface area contributed by atoms with Gasteiger partial charge in [0.25, 0.3) is 5.92 Å². The van der Waals surface area contributed by atoms with Crippen molar-refractivity contribution in [1.82, 2.24) is 10.2 Å². The molecule has 2 N–H and O–H groups in total. The molecule has 1 aliphatic carbocycles. The zero-order valence-electron chi connectivity index (χ0n) is 22.3. The van der Waals surface area contributed by atoms with Gasteiger partial charge in [-0.2, -0.15) is 0 Å². The van der Waals surface area contributed by atoms with Crippen LogP contribution in [0.1, 0.15) is 36.0 Å². The summed E-state index contributed by atoms with van der Waals surface area (Å²) in [6, 6.07) is 21.5. The molecule has 1 heterocycles. The fourth-order valence-corrected chi connectivity index (χ4v) is 5.49. The molecule has 0 spiro atoms. The molecule has 8 nitrogen and oxygen atoms in total.